The highest BCUT2D eigenvalue weighted by Gasteiger charge is 2.07. The average molecular weight is 345 g/mol. The zero-order valence-electron chi connectivity index (χ0n) is 13.6. The summed E-state index contributed by atoms with van der Waals surface area (Å²) in [6.45, 7) is 1.95. The Labute approximate surface area is 148 Å². The normalized spacial score (nSPS) is 11.8. The first kappa shape index (κ1) is 15.5. The van der Waals surface area contributed by atoms with Crippen LogP contribution in [-0.4, -0.2) is 15.0 Å². The summed E-state index contributed by atoms with van der Waals surface area (Å²) in [7, 11) is 0. The summed E-state index contributed by atoms with van der Waals surface area (Å²) in [6.07, 6.45) is 3.80. The molecule has 0 aliphatic heterocycles. The Morgan fingerprint density at radius 2 is 2.08 bits per heavy atom. The number of allylic oxidation sites excluding steroid dienone is 1. The molecule has 0 bridgehead atoms. The minimum Gasteiger partial charge on any atom is -0.306 e. The molecule has 1 aromatic carbocycles. The third-order valence-electron chi connectivity index (χ3n) is 3.94. The molecule has 0 amide bonds. The van der Waals surface area contributed by atoms with E-state index in [1.165, 1.54) is 11.3 Å². The van der Waals surface area contributed by atoms with Gasteiger partial charge in [-0.15, -0.1) is 11.3 Å². The highest BCUT2D eigenvalue weighted by atomic mass is 32.1. The zero-order chi connectivity index (χ0) is 17.2. The van der Waals surface area contributed by atoms with Crippen LogP contribution >= 0.6 is 11.3 Å². The molecule has 4 rings (SSSR count). The van der Waals surface area contributed by atoms with Crippen LogP contribution in [0.1, 0.15) is 18.3 Å². The second-order valence-electron chi connectivity index (χ2n) is 5.72. The van der Waals surface area contributed by atoms with E-state index in [0.717, 1.165) is 27.2 Å². The molecule has 5 heteroatoms. The van der Waals surface area contributed by atoms with E-state index >= 15 is 0 Å². The van der Waals surface area contributed by atoms with Crippen LogP contribution in [-0.2, 0) is 0 Å². The molecule has 3 aromatic heterocycles. The van der Waals surface area contributed by atoms with Crippen LogP contribution in [0.2, 0.25) is 0 Å². The summed E-state index contributed by atoms with van der Waals surface area (Å²) < 4.78 is 0. The molecule has 0 saturated carbocycles. The number of benzene rings is 1. The van der Waals surface area contributed by atoms with Gasteiger partial charge in [-0.05, 0) is 53.8 Å². The second-order valence-corrected chi connectivity index (χ2v) is 6.62. The van der Waals surface area contributed by atoms with E-state index in [2.05, 4.69) is 21.0 Å². The number of pyridine rings is 1. The summed E-state index contributed by atoms with van der Waals surface area (Å²) in [5.74, 6) is 0.600. The van der Waals surface area contributed by atoms with Crippen molar-refractivity contribution in [2.45, 2.75) is 6.92 Å². The van der Waals surface area contributed by atoms with Gasteiger partial charge in [0.1, 0.15) is 10.7 Å². The maximum Gasteiger partial charge on any atom is 0.259 e. The number of nitrogens with one attached hydrogen (secondary N) is 1. The number of aromatic amines is 1. The fourth-order valence-corrected chi connectivity index (χ4v) is 3.46. The van der Waals surface area contributed by atoms with Crippen molar-refractivity contribution in [3.8, 4) is 11.3 Å². The Kier molecular flexibility index (Phi) is 3.99. The van der Waals surface area contributed by atoms with E-state index in [9.17, 15) is 4.79 Å². The fraction of sp³-hybridized carbons (Fsp3) is 0.0500. The first-order valence-corrected chi connectivity index (χ1v) is 8.76. The topological polar surface area (TPSA) is 58.6 Å². The SMILES string of the molecule is C/C(=C\c1cccc(-c2ccccn2)c1)c1nc2sccc2c(=O)[nH]1. The van der Waals surface area contributed by atoms with Crippen molar-refractivity contribution >= 4 is 33.2 Å². The van der Waals surface area contributed by atoms with Crippen molar-refractivity contribution < 1.29 is 0 Å². The largest absolute Gasteiger partial charge is 0.306 e. The van der Waals surface area contributed by atoms with Crippen LogP contribution < -0.4 is 5.56 Å². The lowest BCUT2D eigenvalue weighted by Crippen LogP contribution is -2.09. The lowest BCUT2D eigenvalue weighted by Gasteiger charge is -2.04. The Balaban J connectivity index is 1.73. The summed E-state index contributed by atoms with van der Waals surface area (Å²) in [5.41, 5.74) is 3.83. The summed E-state index contributed by atoms with van der Waals surface area (Å²) in [6, 6.07) is 15.8. The van der Waals surface area contributed by atoms with Crippen molar-refractivity contribution in [1.29, 1.82) is 0 Å². The van der Waals surface area contributed by atoms with Crippen molar-refractivity contribution in [3.63, 3.8) is 0 Å². The average Bonchev–Trinajstić information content (AvgIpc) is 3.12. The van der Waals surface area contributed by atoms with Crippen molar-refractivity contribution in [2.24, 2.45) is 0 Å². The molecule has 0 spiro atoms. The van der Waals surface area contributed by atoms with Crippen LogP contribution in [0.5, 0.6) is 0 Å². The molecule has 1 N–H and O–H groups in total. The van der Waals surface area contributed by atoms with E-state index in [1.54, 1.807) is 12.3 Å². The smallest absolute Gasteiger partial charge is 0.259 e. The number of nitrogens with zero attached hydrogens (tertiary/aromatic N) is 2. The van der Waals surface area contributed by atoms with Crippen LogP contribution in [0, 0.1) is 0 Å². The van der Waals surface area contributed by atoms with Gasteiger partial charge in [0, 0.05) is 11.8 Å². The number of hydrogen-bond acceptors (Lipinski definition) is 4. The first-order valence-electron chi connectivity index (χ1n) is 7.88. The maximum atomic E-state index is 12.1. The Bertz CT molecular complexity index is 1130. The standard InChI is InChI=1S/C20H15N3OS/c1-13(18-22-19(24)16-8-10-25-20(16)23-18)11-14-5-4-6-15(12-14)17-7-2-3-9-21-17/h2-12H,1H3,(H,22,23,24)/b13-11+. The molecule has 0 radical (unpaired) electrons. The molecule has 3 heterocycles. The predicted octanol–water partition coefficient (Wildman–Crippen LogP) is 4.61. The van der Waals surface area contributed by atoms with Gasteiger partial charge in [-0.2, -0.15) is 0 Å². The van der Waals surface area contributed by atoms with Gasteiger partial charge in [-0.3, -0.25) is 9.78 Å². The lowest BCUT2D eigenvalue weighted by molar-refractivity contribution is 1.13. The van der Waals surface area contributed by atoms with Gasteiger partial charge in [0.2, 0.25) is 0 Å². The molecule has 122 valence electrons. The minimum absolute atomic E-state index is 0.101. The fourth-order valence-electron chi connectivity index (χ4n) is 2.69. The molecule has 0 unspecified atom stereocenters. The summed E-state index contributed by atoms with van der Waals surface area (Å²) in [5, 5.41) is 2.52. The third kappa shape index (κ3) is 3.14. The molecule has 25 heavy (non-hydrogen) atoms. The van der Waals surface area contributed by atoms with Crippen molar-refractivity contribution in [1.82, 2.24) is 15.0 Å². The van der Waals surface area contributed by atoms with Gasteiger partial charge in [-0.1, -0.05) is 24.3 Å². The van der Waals surface area contributed by atoms with Crippen LogP contribution in [0.3, 0.4) is 0 Å². The van der Waals surface area contributed by atoms with Gasteiger partial charge in [0.15, 0.2) is 0 Å². The highest BCUT2D eigenvalue weighted by Crippen LogP contribution is 2.22. The number of fused-ring (bicyclic) bond motifs is 1. The Morgan fingerprint density at radius 1 is 1.16 bits per heavy atom. The van der Waals surface area contributed by atoms with E-state index in [1.807, 2.05) is 54.8 Å². The van der Waals surface area contributed by atoms with Gasteiger partial charge < -0.3 is 4.98 Å². The molecular weight excluding hydrogens is 330 g/mol. The second kappa shape index (κ2) is 6.45. The molecule has 4 aromatic rings. The van der Waals surface area contributed by atoms with Gasteiger partial charge >= 0.3 is 0 Å². The van der Waals surface area contributed by atoms with E-state index in [-0.39, 0.29) is 5.56 Å². The third-order valence-corrected chi connectivity index (χ3v) is 4.75. The predicted molar refractivity (Wildman–Crippen MR) is 103 cm³/mol. The molecule has 0 fully saturated rings. The van der Waals surface area contributed by atoms with Crippen LogP contribution in [0.15, 0.2) is 64.9 Å². The first-order chi connectivity index (χ1) is 12.2. The number of hydrogen-bond donors (Lipinski definition) is 1. The number of aromatic nitrogens is 3. The molecule has 0 aliphatic carbocycles. The quantitative estimate of drug-likeness (QED) is 0.590. The van der Waals surface area contributed by atoms with E-state index < -0.39 is 0 Å². The molecule has 0 atom stereocenters. The summed E-state index contributed by atoms with van der Waals surface area (Å²) >= 11 is 1.47. The van der Waals surface area contributed by atoms with Crippen LogP contribution in [0.25, 0.3) is 33.1 Å². The molecule has 0 saturated heterocycles. The number of H-pyrrole nitrogens is 1. The maximum absolute atomic E-state index is 12.1. The number of thiophene rings is 1. The van der Waals surface area contributed by atoms with Gasteiger partial charge in [0.05, 0.1) is 11.1 Å². The van der Waals surface area contributed by atoms with Crippen LogP contribution in [0.4, 0.5) is 0 Å². The molecule has 4 nitrogen and oxygen atoms in total. The van der Waals surface area contributed by atoms with Crippen molar-refractivity contribution in [3.05, 3.63) is 81.8 Å². The van der Waals surface area contributed by atoms with Gasteiger partial charge in [-0.25, -0.2) is 4.98 Å². The van der Waals surface area contributed by atoms with E-state index in [4.69, 9.17) is 0 Å². The lowest BCUT2D eigenvalue weighted by atomic mass is 10.1. The van der Waals surface area contributed by atoms with Crippen molar-refractivity contribution in [2.75, 3.05) is 0 Å². The monoisotopic (exact) mass is 345 g/mol. The molecular formula is C20H15N3OS. The number of rotatable bonds is 3. The highest BCUT2D eigenvalue weighted by molar-refractivity contribution is 7.16. The Hall–Kier alpha value is -3.05. The minimum atomic E-state index is -0.101. The zero-order valence-corrected chi connectivity index (χ0v) is 14.4. The van der Waals surface area contributed by atoms with E-state index in [0.29, 0.717) is 11.2 Å². The Morgan fingerprint density at radius 3 is 2.92 bits per heavy atom. The van der Waals surface area contributed by atoms with Gasteiger partial charge in [0.25, 0.3) is 5.56 Å². The summed E-state index contributed by atoms with van der Waals surface area (Å²) in [4.78, 5) is 24.7. The molecule has 0 aliphatic rings.